The molecule has 1 heterocycles. The van der Waals surface area contributed by atoms with E-state index in [9.17, 15) is 13.2 Å². The fourth-order valence-electron chi connectivity index (χ4n) is 1.93. The SMILES string of the molecule is CC(C)(C(=O)O)S(=O)(=O)CC1Cc2ccccc2O1. The third-order valence-electron chi connectivity index (χ3n) is 3.41. The molecule has 0 spiro atoms. The maximum atomic E-state index is 12.1. The van der Waals surface area contributed by atoms with Gasteiger partial charge in [-0.15, -0.1) is 0 Å². The topological polar surface area (TPSA) is 80.7 Å². The smallest absolute Gasteiger partial charge is 0.324 e. The van der Waals surface area contributed by atoms with Crippen LogP contribution in [-0.4, -0.2) is 36.1 Å². The summed E-state index contributed by atoms with van der Waals surface area (Å²) in [5.41, 5.74) is 0.954. The number of para-hydroxylation sites is 1. The number of carboxylic acid groups (broad SMARTS) is 1. The van der Waals surface area contributed by atoms with Crippen molar-refractivity contribution < 1.29 is 23.1 Å². The molecule has 0 aromatic heterocycles. The van der Waals surface area contributed by atoms with E-state index in [1.165, 1.54) is 13.8 Å². The first-order valence-electron chi connectivity index (χ1n) is 5.94. The molecule has 6 heteroatoms. The lowest BCUT2D eigenvalue weighted by atomic mass is 10.1. The van der Waals surface area contributed by atoms with Crippen molar-refractivity contribution in [1.82, 2.24) is 0 Å². The van der Waals surface area contributed by atoms with Crippen LogP contribution in [0.1, 0.15) is 19.4 Å². The minimum Gasteiger partial charge on any atom is -0.489 e. The molecule has 1 aliphatic heterocycles. The summed E-state index contributed by atoms with van der Waals surface area (Å²) in [6.07, 6.45) is -0.0218. The van der Waals surface area contributed by atoms with Crippen molar-refractivity contribution in [3.05, 3.63) is 29.8 Å². The van der Waals surface area contributed by atoms with Crippen molar-refractivity contribution in [3.8, 4) is 5.75 Å². The third-order valence-corrected chi connectivity index (χ3v) is 5.95. The number of hydrogen-bond donors (Lipinski definition) is 1. The van der Waals surface area contributed by atoms with Gasteiger partial charge in [0.1, 0.15) is 11.9 Å². The summed E-state index contributed by atoms with van der Waals surface area (Å²) in [5.74, 6) is -0.958. The molecular formula is C13H16O5S. The Kier molecular flexibility index (Phi) is 3.30. The molecule has 1 atom stereocenters. The van der Waals surface area contributed by atoms with E-state index < -0.39 is 26.7 Å². The molecule has 0 saturated carbocycles. The maximum absolute atomic E-state index is 12.1. The molecule has 1 unspecified atom stereocenters. The average molecular weight is 284 g/mol. The molecule has 0 saturated heterocycles. The largest absolute Gasteiger partial charge is 0.489 e. The minimum atomic E-state index is -3.78. The van der Waals surface area contributed by atoms with Gasteiger partial charge in [0.25, 0.3) is 0 Å². The highest BCUT2D eigenvalue weighted by atomic mass is 32.2. The summed E-state index contributed by atoms with van der Waals surface area (Å²) in [5, 5.41) is 9.00. The van der Waals surface area contributed by atoms with Gasteiger partial charge in [0.2, 0.25) is 0 Å². The lowest BCUT2D eigenvalue weighted by molar-refractivity contribution is -0.139. The van der Waals surface area contributed by atoms with Crippen LogP contribution in [-0.2, 0) is 21.1 Å². The molecule has 2 rings (SSSR count). The fourth-order valence-corrected chi connectivity index (χ4v) is 3.29. The van der Waals surface area contributed by atoms with Gasteiger partial charge in [0.05, 0.1) is 5.75 Å². The number of ether oxygens (including phenoxy) is 1. The number of carboxylic acids is 1. The standard InChI is InChI=1S/C13H16O5S/c1-13(2,12(14)15)19(16,17)8-10-7-9-5-3-4-6-11(9)18-10/h3-6,10H,7-8H2,1-2H3,(H,14,15). The van der Waals surface area contributed by atoms with Gasteiger partial charge in [-0.1, -0.05) is 18.2 Å². The first kappa shape index (κ1) is 13.9. The lowest BCUT2D eigenvalue weighted by Gasteiger charge is -2.21. The summed E-state index contributed by atoms with van der Waals surface area (Å²) in [4.78, 5) is 11.0. The summed E-state index contributed by atoms with van der Waals surface area (Å²) >= 11 is 0. The number of benzene rings is 1. The van der Waals surface area contributed by atoms with Gasteiger partial charge < -0.3 is 9.84 Å². The summed E-state index contributed by atoms with van der Waals surface area (Å²) < 4.78 is 28.0. The highest BCUT2D eigenvalue weighted by Gasteiger charge is 2.44. The van der Waals surface area contributed by atoms with Crippen LogP contribution < -0.4 is 4.74 Å². The zero-order chi connectivity index (χ0) is 14.3. The van der Waals surface area contributed by atoms with Crippen LogP contribution in [0.3, 0.4) is 0 Å². The maximum Gasteiger partial charge on any atom is 0.324 e. The van der Waals surface area contributed by atoms with E-state index in [1.807, 2.05) is 18.2 Å². The van der Waals surface area contributed by atoms with Crippen molar-refractivity contribution in [1.29, 1.82) is 0 Å². The highest BCUT2D eigenvalue weighted by Crippen LogP contribution is 2.30. The molecular weight excluding hydrogens is 268 g/mol. The second-order valence-corrected chi connectivity index (χ2v) is 7.73. The molecule has 1 aromatic carbocycles. The molecule has 104 valence electrons. The first-order chi connectivity index (χ1) is 8.74. The molecule has 0 bridgehead atoms. The molecule has 1 N–H and O–H groups in total. The van der Waals surface area contributed by atoms with E-state index >= 15 is 0 Å². The third kappa shape index (κ3) is 2.45. The number of carbonyl (C=O) groups is 1. The van der Waals surface area contributed by atoms with Crippen LogP contribution in [0.5, 0.6) is 5.75 Å². The predicted octanol–water partition coefficient (Wildman–Crippen LogP) is 1.27. The van der Waals surface area contributed by atoms with Crippen LogP contribution in [0, 0.1) is 0 Å². The first-order valence-corrected chi connectivity index (χ1v) is 7.59. The van der Waals surface area contributed by atoms with Crippen LogP contribution in [0.15, 0.2) is 24.3 Å². The van der Waals surface area contributed by atoms with E-state index in [0.29, 0.717) is 12.2 Å². The van der Waals surface area contributed by atoms with Crippen LogP contribution in [0.4, 0.5) is 0 Å². The Morgan fingerprint density at radius 3 is 2.63 bits per heavy atom. The quantitative estimate of drug-likeness (QED) is 0.900. The normalized spacial score (nSPS) is 18.7. The number of sulfone groups is 1. The Bertz CT molecular complexity index is 578. The molecule has 0 fully saturated rings. The number of aliphatic carboxylic acids is 1. The molecule has 0 radical (unpaired) electrons. The Morgan fingerprint density at radius 1 is 1.42 bits per heavy atom. The molecule has 1 aromatic rings. The lowest BCUT2D eigenvalue weighted by Crippen LogP contribution is -2.44. The average Bonchev–Trinajstić information content (AvgIpc) is 2.69. The van der Waals surface area contributed by atoms with Crippen LogP contribution in [0.25, 0.3) is 0 Å². The zero-order valence-electron chi connectivity index (χ0n) is 10.8. The molecule has 0 amide bonds. The second-order valence-electron chi connectivity index (χ2n) is 5.15. The van der Waals surface area contributed by atoms with Gasteiger partial charge in [0, 0.05) is 6.42 Å². The summed E-state index contributed by atoms with van der Waals surface area (Å²) in [6.45, 7) is 2.40. The van der Waals surface area contributed by atoms with Crippen molar-refractivity contribution in [2.45, 2.75) is 31.1 Å². The van der Waals surface area contributed by atoms with E-state index in [1.54, 1.807) is 6.07 Å². The predicted molar refractivity (Wildman–Crippen MR) is 70.1 cm³/mol. The van der Waals surface area contributed by atoms with Gasteiger partial charge in [-0.3, -0.25) is 4.79 Å². The number of hydrogen-bond acceptors (Lipinski definition) is 4. The van der Waals surface area contributed by atoms with Gasteiger partial charge >= 0.3 is 5.97 Å². The van der Waals surface area contributed by atoms with E-state index in [4.69, 9.17) is 9.84 Å². The number of fused-ring (bicyclic) bond motifs is 1. The van der Waals surface area contributed by atoms with E-state index in [2.05, 4.69) is 0 Å². The highest BCUT2D eigenvalue weighted by molar-refractivity contribution is 7.93. The van der Waals surface area contributed by atoms with E-state index in [-0.39, 0.29) is 5.75 Å². The molecule has 0 aliphatic carbocycles. The summed E-state index contributed by atoms with van der Waals surface area (Å²) in [7, 11) is -3.78. The monoisotopic (exact) mass is 284 g/mol. The van der Waals surface area contributed by atoms with E-state index in [0.717, 1.165) is 5.56 Å². The van der Waals surface area contributed by atoms with Crippen LogP contribution >= 0.6 is 0 Å². The molecule has 19 heavy (non-hydrogen) atoms. The Morgan fingerprint density at radius 2 is 2.05 bits per heavy atom. The zero-order valence-corrected chi connectivity index (χ0v) is 11.6. The van der Waals surface area contributed by atoms with Gasteiger partial charge in [-0.25, -0.2) is 8.42 Å². The van der Waals surface area contributed by atoms with Gasteiger partial charge in [0.15, 0.2) is 14.6 Å². The Labute approximate surface area is 112 Å². The van der Waals surface area contributed by atoms with Crippen molar-refractivity contribution in [2.75, 3.05) is 5.75 Å². The summed E-state index contributed by atoms with van der Waals surface area (Å²) in [6, 6.07) is 7.34. The van der Waals surface area contributed by atoms with Gasteiger partial charge in [-0.2, -0.15) is 0 Å². The fraction of sp³-hybridized carbons (Fsp3) is 0.462. The minimum absolute atomic E-state index is 0.291. The van der Waals surface area contributed by atoms with Crippen molar-refractivity contribution >= 4 is 15.8 Å². The van der Waals surface area contributed by atoms with Crippen LogP contribution in [0.2, 0.25) is 0 Å². The Balaban J connectivity index is 2.15. The van der Waals surface area contributed by atoms with Crippen molar-refractivity contribution in [2.24, 2.45) is 0 Å². The van der Waals surface area contributed by atoms with Crippen molar-refractivity contribution in [3.63, 3.8) is 0 Å². The second kappa shape index (κ2) is 4.52. The molecule has 1 aliphatic rings. The molecule has 5 nitrogen and oxygen atoms in total. The van der Waals surface area contributed by atoms with Gasteiger partial charge in [-0.05, 0) is 25.5 Å². The number of rotatable bonds is 4. The Hall–Kier alpha value is -1.56.